The standard InChI is InChI=1S/C46H32N2OS/c1-3-11-29(12-4-1)31-19-23-33(24-20-31)39-28-40(34-25-21-32(22-26-34)30-13-5-2-6-14-30)48-46(47-39)38-27-37-35-15-7-9-17-41(35)49-44(37)43-36-16-8-10-18-42(36)50-45(38)43/h1-28,39,46-48H. The Hall–Kier alpha value is -5.94. The highest BCUT2D eigenvalue weighted by Crippen LogP contribution is 2.46. The van der Waals surface area contributed by atoms with E-state index >= 15 is 0 Å². The van der Waals surface area contributed by atoms with Gasteiger partial charge in [0.15, 0.2) is 0 Å². The first-order chi connectivity index (χ1) is 24.8. The van der Waals surface area contributed by atoms with Crippen LogP contribution in [0.5, 0.6) is 0 Å². The number of para-hydroxylation sites is 1. The third-order valence-corrected chi connectivity index (χ3v) is 11.2. The van der Waals surface area contributed by atoms with Gasteiger partial charge in [-0.25, -0.2) is 0 Å². The van der Waals surface area contributed by atoms with Crippen LogP contribution in [0.4, 0.5) is 0 Å². The molecule has 238 valence electrons. The predicted octanol–water partition coefficient (Wildman–Crippen LogP) is 12.3. The molecule has 3 nitrogen and oxygen atoms in total. The summed E-state index contributed by atoms with van der Waals surface area (Å²) in [5.41, 5.74) is 11.4. The average molecular weight is 661 g/mol. The maximum atomic E-state index is 6.61. The predicted molar refractivity (Wildman–Crippen MR) is 210 cm³/mol. The Bertz CT molecular complexity index is 2690. The molecule has 2 unspecified atom stereocenters. The number of hydrogen-bond donors (Lipinski definition) is 2. The molecule has 1 aliphatic heterocycles. The van der Waals surface area contributed by atoms with Gasteiger partial charge in [0, 0.05) is 42.2 Å². The zero-order chi connectivity index (χ0) is 33.0. The van der Waals surface area contributed by atoms with E-state index in [1.54, 1.807) is 0 Å². The van der Waals surface area contributed by atoms with E-state index in [2.05, 4.69) is 174 Å². The SMILES string of the molecule is C1=C(c2ccc(-c3ccccc3)cc2)NC(c2cc3c4ccccc4oc3c3c2sc2ccccc23)NC1c1ccc(-c2ccccc2)cc1. The molecule has 1 aliphatic rings. The fourth-order valence-corrected chi connectivity index (χ4v) is 8.72. The maximum absolute atomic E-state index is 6.61. The van der Waals surface area contributed by atoms with Gasteiger partial charge >= 0.3 is 0 Å². The van der Waals surface area contributed by atoms with Gasteiger partial charge in [-0.15, -0.1) is 11.3 Å². The Morgan fingerprint density at radius 3 is 1.82 bits per heavy atom. The van der Waals surface area contributed by atoms with Crippen molar-refractivity contribution in [1.82, 2.24) is 10.6 Å². The number of hydrogen-bond acceptors (Lipinski definition) is 4. The third kappa shape index (κ3) is 4.92. The molecule has 9 aromatic rings. The summed E-state index contributed by atoms with van der Waals surface area (Å²) in [7, 11) is 0. The van der Waals surface area contributed by atoms with E-state index in [-0.39, 0.29) is 12.2 Å². The molecule has 4 heteroatoms. The lowest BCUT2D eigenvalue weighted by atomic mass is 9.95. The lowest BCUT2D eigenvalue weighted by molar-refractivity contribution is 0.446. The summed E-state index contributed by atoms with van der Waals surface area (Å²) in [6, 6.07) is 58.5. The van der Waals surface area contributed by atoms with Gasteiger partial charge in [0.25, 0.3) is 0 Å². The van der Waals surface area contributed by atoms with Gasteiger partial charge in [-0.1, -0.05) is 146 Å². The Balaban J connectivity index is 1.13. The quantitative estimate of drug-likeness (QED) is 0.193. The Morgan fingerprint density at radius 1 is 0.520 bits per heavy atom. The van der Waals surface area contributed by atoms with Crippen LogP contribution < -0.4 is 10.6 Å². The molecule has 2 aromatic heterocycles. The van der Waals surface area contributed by atoms with Crippen LogP contribution in [0.2, 0.25) is 0 Å². The monoisotopic (exact) mass is 660 g/mol. The summed E-state index contributed by atoms with van der Waals surface area (Å²) < 4.78 is 9.10. The molecule has 0 saturated heterocycles. The van der Waals surface area contributed by atoms with Crippen molar-refractivity contribution in [2.75, 3.05) is 0 Å². The first kappa shape index (κ1) is 29.0. The van der Waals surface area contributed by atoms with Gasteiger partial charge in [-0.3, -0.25) is 5.32 Å². The minimum Gasteiger partial charge on any atom is -0.455 e. The minimum atomic E-state index is -0.156. The van der Waals surface area contributed by atoms with E-state index in [9.17, 15) is 0 Å². The van der Waals surface area contributed by atoms with Crippen LogP contribution in [-0.4, -0.2) is 0 Å². The van der Waals surface area contributed by atoms with Gasteiger partial charge in [0.2, 0.25) is 0 Å². The maximum Gasteiger partial charge on any atom is 0.144 e. The van der Waals surface area contributed by atoms with Gasteiger partial charge in [0.05, 0.1) is 6.04 Å². The molecule has 0 bridgehead atoms. The summed E-state index contributed by atoms with van der Waals surface area (Å²) in [5, 5.41) is 12.7. The minimum absolute atomic E-state index is 0.0175. The van der Waals surface area contributed by atoms with Crippen LogP contribution >= 0.6 is 11.3 Å². The Kier molecular flexibility index (Phi) is 6.90. The van der Waals surface area contributed by atoms with Crippen LogP contribution in [0.25, 0.3) is 70.1 Å². The molecule has 2 atom stereocenters. The van der Waals surface area contributed by atoms with Crippen molar-refractivity contribution in [2.24, 2.45) is 0 Å². The highest BCUT2D eigenvalue weighted by Gasteiger charge is 2.28. The second-order valence-corrected chi connectivity index (χ2v) is 14.0. The highest BCUT2D eigenvalue weighted by atomic mass is 32.1. The normalized spacial score (nSPS) is 16.2. The first-order valence-electron chi connectivity index (χ1n) is 17.1. The molecule has 0 amide bonds. The van der Waals surface area contributed by atoms with Crippen molar-refractivity contribution in [3.8, 4) is 22.3 Å². The zero-order valence-electron chi connectivity index (χ0n) is 27.1. The molecule has 7 aromatic carbocycles. The van der Waals surface area contributed by atoms with Crippen LogP contribution in [0.3, 0.4) is 0 Å². The van der Waals surface area contributed by atoms with E-state index in [1.807, 2.05) is 17.4 Å². The fourth-order valence-electron chi connectivity index (χ4n) is 7.47. The molecule has 10 rings (SSSR count). The van der Waals surface area contributed by atoms with E-state index < -0.39 is 0 Å². The summed E-state index contributed by atoms with van der Waals surface area (Å²) in [5.74, 6) is 0. The van der Waals surface area contributed by atoms with Crippen LogP contribution in [-0.2, 0) is 0 Å². The van der Waals surface area contributed by atoms with E-state index in [1.165, 1.54) is 53.6 Å². The molecule has 2 N–H and O–H groups in total. The second-order valence-electron chi connectivity index (χ2n) is 13.0. The van der Waals surface area contributed by atoms with Crippen molar-refractivity contribution in [2.45, 2.75) is 12.2 Å². The number of benzene rings is 7. The van der Waals surface area contributed by atoms with Crippen molar-refractivity contribution >= 4 is 59.1 Å². The van der Waals surface area contributed by atoms with E-state index in [0.717, 1.165) is 33.2 Å². The molecule has 0 spiro atoms. The molecule has 0 radical (unpaired) electrons. The van der Waals surface area contributed by atoms with E-state index in [0.29, 0.717) is 0 Å². The largest absolute Gasteiger partial charge is 0.455 e. The molecular formula is C46H32N2OS. The van der Waals surface area contributed by atoms with Crippen molar-refractivity contribution in [3.05, 3.63) is 187 Å². The lowest BCUT2D eigenvalue weighted by Crippen LogP contribution is -2.39. The summed E-state index contributed by atoms with van der Waals surface area (Å²) in [6.45, 7) is 0. The molecule has 0 saturated carbocycles. The molecule has 50 heavy (non-hydrogen) atoms. The molecule has 0 aliphatic carbocycles. The van der Waals surface area contributed by atoms with Crippen LogP contribution in [0.1, 0.15) is 28.9 Å². The second kappa shape index (κ2) is 11.9. The molecule has 3 heterocycles. The van der Waals surface area contributed by atoms with E-state index in [4.69, 9.17) is 4.42 Å². The van der Waals surface area contributed by atoms with Gasteiger partial charge in [-0.2, -0.15) is 0 Å². The number of furan rings is 1. The Labute approximate surface area is 294 Å². The first-order valence-corrected chi connectivity index (χ1v) is 17.9. The third-order valence-electron chi connectivity index (χ3n) is 9.99. The summed E-state index contributed by atoms with van der Waals surface area (Å²) in [6.07, 6.45) is 2.18. The lowest BCUT2D eigenvalue weighted by Gasteiger charge is -2.33. The summed E-state index contributed by atoms with van der Waals surface area (Å²) >= 11 is 1.84. The van der Waals surface area contributed by atoms with Crippen molar-refractivity contribution in [1.29, 1.82) is 0 Å². The van der Waals surface area contributed by atoms with Crippen LogP contribution in [0, 0.1) is 0 Å². The summed E-state index contributed by atoms with van der Waals surface area (Å²) in [4.78, 5) is 0. The molecule has 0 fully saturated rings. The highest BCUT2D eigenvalue weighted by molar-refractivity contribution is 7.26. The topological polar surface area (TPSA) is 37.2 Å². The number of fused-ring (bicyclic) bond motifs is 7. The van der Waals surface area contributed by atoms with Gasteiger partial charge in [-0.05, 0) is 57.7 Å². The Morgan fingerprint density at radius 2 is 1.10 bits per heavy atom. The number of nitrogens with one attached hydrogen (secondary N) is 2. The van der Waals surface area contributed by atoms with Crippen molar-refractivity contribution in [3.63, 3.8) is 0 Å². The zero-order valence-corrected chi connectivity index (χ0v) is 28.0. The van der Waals surface area contributed by atoms with Gasteiger partial charge in [0.1, 0.15) is 17.3 Å². The average Bonchev–Trinajstić information content (AvgIpc) is 3.77. The number of rotatable bonds is 5. The molecular weight excluding hydrogens is 629 g/mol. The van der Waals surface area contributed by atoms with Gasteiger partial charge < -0.3 is 9.73 Å². The smallest absolute Gasteiger partial charge is 0.144 e. The van der Waals surface area contributed by atoms with Crippen molar-refractivity contribution < 1.29 is 4.42 Å². The fraction of sp³-hybridized carbons (Fsp3) is 0.0435. The number of thiophene rings is 1. The van der Waals surface area contributed by atoms with Crippen LogP contribution in [0.15, 0.2) is 174 Å².